The molecule has 2 heterocycles. The maximum absolute atomic E-state index is 12.9. The van der Waals surface area contributed by atoms with Crippen molar-refractivity contribution in [3.05, 3.63) is 63.8 Å². The molecule has 0 spiro atoms. The number of halogens is 2. The highest BCUT2D eigenvalue weighted by molar-refractivity contribution is 7.90. The largest absolute Gasteiger partial charge is 0.480 e. The number of hydrogen-bond donors (Lipinski definition) is 1. The van der Waals surface area contributed by atoms with Crippen LogP contribution >= 0.6 is 23.2 Å². The van der Waals surface area contributed by atoms with Gasteiger partial charge in [0.1, 0.15) is 17.2 Å². The number of ketones is 3. The lowest BCUT2D eigenvalue weighted by Crippen LogP contribution is -2.35. The lowest BCUT2D eigenvalue weighted by Gasteiger charge is -2.20. The standard InChI is InChI=1S/C20H23ClO7S.C11H8ClNO3/c1-29(25,26)17-8-7-13(20(24)18-15(22)5-2-6-16(18)23)19(21)14(17)11-27-10-12-4-3-9-28-12;12-8-3-4-9(16-6-10(14)15)11-7(8)2-1-5-13-11/h7-8,12,18H,2-6,9-11H2,1H3;1-5H,6H2,(H,14,15). The number of fused-ring (bicyclic) bond motifs is 1. The lowest BCUT2D eigenvalue weighted by molar-refractivity contribution is -0.139. The number of sulfone groups is 1. The maximum Gasteiger partial charge on any atom is 0.341 e. The summed E-state index contributed by atoms with van der Waals surface area (Å²) in [5, 5.41) is 9.73. The molecule has 1 aromatic heterocycles. The Morgan fingerprint density at radius 2 is 1.80 bits per heavy atom. The Kier molecular flexibility index (Phi) is 11.7. The van der Waals surface area contributed by atoms with E-state index in [0.29, 0.717) is 29.3 Å². The zero-order valence-electron chi connectivity index (χ0n) is 24.3. The summed E-state index contributed by atoms with van der Waals surface area (Å²) < 4.78 is 40.6. The van der Waals surface area contributed by atoms with Gasteiger partial charge in [-0.25, -0.2) is 13.2 Å². The fourth-order valence-corrected chi connectivity index (χ4v) is 6.57. The number of Topliss-reactive ketones (excluding diaryl/α,β-unsaturated/α-hetero) is 3. The van der Waals surface area contributed by atoms with E-state index in [-0.39, 0.29) is 53.2 Å². The van der Waals surface area contributed by atoms with E-state index < -0.39 is 45.7 Å². The highest BCUT2D eigenvalue weighted by atomic mass is 35.5. The normalized spacial score (nSPS) is 17.2. The summed E-state index contributed by atoms with van der Waals surface area (Å²) in [7, 11) is -3.64. The van der Waals surface area contributed by atoms with Crippen molar-refractivity contribution in [1.29, 1.82) is 0 Å². The van der Waals surface area contributed by atoms with Crippen molar-refractivity contribution >= 4 is 67.3 Å². The van der Waals surface area contributed by atoms with Crippen LogP contribution in [0.5, 0.6) is 5.75 Å². The van der Waals surface area contributed by atoms with E-state index in [0.717, 1.165) is 24.5 Å². The van der Waals surface area contributed by atoms with Crippen LogP contribution in [0.3, 0.4) is 0 Å². The Morgan fingerprint density at radius 1 is 1.07 bits per heavy atom. The Labute approximate surface area is 269 Å². The molecule has 2 aromatic carbocycles. The number of ether oxygens (including phenoxy) is 3. The molecule has 11 nitrogen and oxygen atoms in total. The van der Waals surface area contributed by atoms with E-state index >= 15 is 0 Å². The predicted molar refractivity (Wildman–Crippen MR) is 165 cm³/mol. The fraction of sp³-hybridized carbons (Fsp3) is 0.387. The molecule has 240 valence electrons. The minimum absolute atomic E-state index is 0.0385. The molecule has 1 unspecified atom stereocenters. The quantitative estimate of drug-likeness (QED) is 0.229. The van der Waals surface area contributed by atoms with Gasteiger partial charge in [0, 0.05) is 48.4 Å². The van der Waals surface area contributed by atoms with E-state index in [1.807, 2.05) is 0 Å². The van der Waals surface area contributed by atoms with Gasteiger partial charge in [-0.15, -0.1) is 0 Å². The first kappa shape index (κ1) is 34.5. The summed E-state index contributed by atoms with van der Waals surface area (Å²) in [6.07, 6.45) is 5.15. The topological polar surface area (TPSA) is 163 Å². The summed E-state index contributed by atoms with van der Waals surface area (Å²) in [5.74, 6) is -3.52. The SMILES string of the molecule is CS(=O)(=O)c1ccc(C(=O)C2C(=O)CCCC2=O)c(Cl)c1COCC1CCCO1.O=C(O)COc1ccc(Cl)c2cccnc12. The van der Waals surface area contributed by atoms with Crippen LogP contribution < -0.4 is 4.74 Å². The van der Waals surface area contributed by atoms with Gasteiger partial charge in [-0.2, -0.15) is 0 Å². The van der Waals surface area contributed by atoms with Crippen LogP contribution in [-0.2, 0) is 40.3 Å². The molecule has 0 radical (unpaired) electrons. The van der Waals surface area contributed by atoms with Gasteiger partial charge in [0.15, 0.2) is 33.8 Å². The third kappa shape index (κ3) is 8.65. The monoisotopic (exact) mass is 679 g/mol. The predicted octanol–water partition coefficient (Wildman–Crippen LogP) is 4.91. The van der Waals surface area contributed by atoms with Gasteiger partial charge in [0.05, 0.1) is 34.3 Å². The van der Waals surface area contributed by atoms with Crippen LogP contribution in [0.1, 0.15) is 48.0 Å². The second kappa shape index (κ2) is 15.2. The molecule has 1 aliphatic carbocycles. The number of carboxylic acid groups (broad SMARTS) is 1. The number of rotatable bonds is 10. The molecule has 1 saturated carbocycles. The zero-order chi connectivity index (χ0) is 32.7. The summed E-state index contributed by atoms with van der Waals surface area (Å²) in [4.78, 5) is 51.7. The molecule has 1 N–H and O–H groups in total. The van der Waals surface area contributed by atoms with Crippen molar-refractivity contribution in [2.24, 2.45) is 5.92 Å². The van der Waals surface area contributed by atoms with Gasteiger partial charge in [-0.3, -0.25) is 19.4 Å². The molecule has 2 aliphatic rings. The van der Waals surface area contributed by atoms with Crippen molar-refractivity contribution in [3.63, 3.8) is 0 Å². The third-order valence-corrected chi connectivity index (χ3v) is 9.17. The van der Waals surface area contributed by atoms with Gasteiger partial charge in [0.2, 0.25) is 0 Å². The Hall–Kier alpha value is -3.42. The van der Waals surface area contributed by atoms with Crippen molar-refractivity contribution in [1.82, 2.24) is 4.98 Å². The Morgan fingerprint density at radius 3 is 2.44 bits per heavy atom. The van der Waals surface area contributed by atoms with Crippen LogP contribution in [0.4, 0.5) is 0 Å². The molecule has 14 heteroatoms. The number of aromatic nitrogens is 1. The Bertz CT molecular complexity index is 1700. The number of carbonyl (C=O) groups excluding carboxylic acids is 3. The second-order valence-corrected chi connectivity index (χ2v) is 13.3. The smallest absolute Gasteiger partial charge is 0.341 e. The van der Waals surface area contributed by atoms with E-state index in [2.05, 4.69) is 4.98 Å². The lowest BCUT2D eigenvalue weighted by atomic mass is 9.81. The van der Waals surface area contributed by atoms with Crippen LogP contribution in [0.25, 0.3) is 10.9 Å². The first-order valence-corrected chi connectivity index (χ1v) is 16.7. The van der Waals surface area contributed by atoms with Crippen LogP contribution in [-0.4, -0.2) is 74.0 Å². The summed E-state index contributed by atoms with van der Waals surface area (Å²) >= 11 is 12.4. The highest BCUT2D eigenvalue weighted by Gasteiger charge is 2.38. The molecule has 1 atom stereocenters. The Balaban J connectivity index is 0.000000242. The fourth-order valence-electron chi connectivity index (χ4n) is 5.06. The molecule has 1 aliphatic heterocycles. The average Bonchev–Trinajstić information content (AvgIpc) is 3.51. The number of nitrogens with zero attached hydrogens (tertiary/aromatic N) is 1. The van der Waals surface area contributed by atoms with Crippen molar-refractivity contribution in [2.45, 2.75) is 49.7 Å². The third-order valence-electron chi connectivity index (χ3n) is 7.22. The number of benzene rings is 2. The van der Waals surface area contributed by atoms with Crippen molar-refractivity contribution in [2.75, 3.05) is 26.1 Å². The maximum atomic E-state index is 12.9. The van der Waals surface area contributed by atoms with Gasteiger partial charge in [0.25, 0.3) is 0 Å². The molecule has 45 heavy (non-hydrogen) atoms. The number of carbonyl (C=O) groups is 4. The van der Waals surface area contributed by atoms with Crippen LogP contribution in [0.2, 0.25) is 10.0 Å². The minimum Gasteiger partial charge on any atom is -0.480 e. The summed E-state index contributed by atoms with van der Waals surface area (Å²) in [6, 6.07) is 9.37. The number of hydrogen-bond acceptors (Lipinski definition) is 10. The second-order valence-electron chi connectivity index (χ2n) is 10.5. The summed E-state index contributed by atoms with van der Waals surface area (Å²) in [6.45, 7) is 0.413. The van der Waals surface area contributed by atoms with Crippen LogP contribution in [0.15, 0.2) is 47.5 Å². The molecule has 0 amide bonds. The van der Waals surface area contributed by atoms with Gasteiger partial charge in [-0.1, -0.05) is 23.2 Å². The zero-order valence-corrected chi connectivity index (χ0v) is 26.6. The van der Waals surface area contributed by atoms with Crippen molar-refractivity contribution in [3.8, 4) is 5.75 Å². The molecule has 1 saturated heterocycles. The van der Waals surface area contributed by atoms with E-state index in [9.17, 15) is 27.6 Å². The molecule has 3 aromatic rings. The highest BCUT2D eigenvalue weighted by Crippen LogP contribution is 2.33. The van der Waals surface area contributed by atoms with Gasteiger partial charge in [-0.05, 0) is 55.7 Å². The van der Waals surface area contributed by atoms with E-state index in [1.165, 1.54) is 12.1 Å². The molecule has 2 fully saturated rings. The number of pyridine rings is 1. The first-order valence-electron chi connectivity index (χ1n) is 14.1. The van der Waals surface area contributed by atoms with Crippen molar-refractivity contribution < 1.29 is 46.9 Å². The minimum atomic E-state index is -3.64. The van der Waals surface area contributed by atoms with E-state index in [1.54, 1.807) is 30.5 Å². The molecule has 5 rings (SSSR count). The van der Waals surface area contributed by atoms with E-state index in [4.69, 9.17) is 42.5 Å². The average molecular weight is 681 g/mol. The van der Waals surface area contributed by atoms with Gasteiger partial charge < -0.3 is 19.3 Å². The summed E-state index contributed by atoms with van der Waals surface area (Å²) in [5.41, 5.74) is 0.674. The molecular formula is C31H31Cl2NO10S. The number of aliphatic carboxylic acids is 1. The molecule has 0 bridgehead atoms. The van der Waals surface area contributed by atoms with Crippen LogP contribution in [0, 0.1) is 5.92 Å². The van der Waals surface area contributed by atoms with Gasteiger partial charge >= 0.3 is 5.97 Å². The first-order chi connectivity index (χ1) is 21.4. The molecular weight excluding hydrogens is 649 g/mol. The number of carboxylic acids is 1.